The van der Waals surface area contributed by atoms with E-state index < -0.39 is 0 Å². The number of nitrogens with zero attached hydrogens (tertiary/aromatic N) is 3. The van der Waals surface area contributed by atoms with E-state index >= 15 is 0 Å². The fourth-order valence-corrected chi connectivity index (χ4v) is 4.14. The lowest BCUT2D eigenvalue weighted by atomic mass is 10.3. The molecule has 0 saturated heterocycles. The number of aromatic hydroxyl groups is 1. The summed E-state index contributed by atoms with van der Waals surface area (Å²) < 4.78 is 2.88. The summed E-state index contributed by atoms with van der Waals surface area (Å²) in [5.74, 6) is 0.101. The predicted octanol–water partition coefficient (Wildman–Crippen LogP) is 4.75. The molecular weight excluding hydrogens is 418 g/mol. The smallest absolute Gasteiger partial charge is 0.167 e. The lowest BCUT2D eigenvalue weighted by Gasteiger charge is -2.15. The minimum Gasteiger partial charge on any atom is -0.510 e. The number of amidine groups is 2. The van der Waals surface area contributed by atoms with Crippen molar-refractivity contribution >= 4 is 40.6 Å². The van der Waals surface area contributed by atoms with Crippen LogP contribution in [0.2, 0.25) is 0 Å². The summed E-state index contributed by atoms with van der Waals surface area (Å²) in [6.07, 6.45) is 9.50. The van der Waals surface area contributed by atoms with Gasteiger partial charge in [0, 0.05) is 18.0 Å². The third-order valence-corrected chi connectivity index (χ3v) is 5.72. The number of aliphatic hydroxyl groups excluding tert-OH is 1. The van der Waals surface area contributed by atoms with E-state index in [4.69, 9.17) is 11.5 Å². The van der Waals surface area contributed by atoms with Crippen LogP contribution in [0, 0.1) is 19.8 Å². The molecule has 1 aromatic heterocycles. The molecule has 0 aliphatic carbocycles. The zero-order chi connectivity index (χ0) is 23.9. The lowest BCUT2D eigenvalue weighted by molar-refractivity contribution is 0.403. The van der Waals surface area contributed by atoms with Crippen molar-refractivity contribution in [1.29, 1.82) is 0 Å². The third-order valence-electron chi connectivity index (χ3n) is 3.23. The molecule has 7 nitrogen and oxygen atoms in total. The molecule has 0 fully saturated rings. The van der Waals surface area contributed by atoms with Crippen molar-refractivity contribution in [3.8, 4) is 18.6 Å². The Morgan fingerprint density at radius 1 is 1.23 bits per heavy atom. The number of thiophene rings is 1. The average Bonchev–Trinajstić information content (AvgIpc) is 2.99. The Balaban J connectivity index is 0. The standard InChI is InChI=1S/C17H27N5O2S2.C2H6.C2H2/c1-6-22(7-2)26-17-14(24)13(11(5)25-17)21-16(19)15(18)20-9-12(23)8-10(3)4;2*1-2/h8,23-24H,3,6-7,9H2,1-2,4-5H3,(H2,18,20)(H2,19,21);1-2H3;1-2H/b12-8-;;. The third kappa shape index (κ3) is 10.4. The first-order valence-electron chi connectivity index (χ1n) is 9.47. The summed E-state index contributed by atoms with van der Waals surface area (Å²) >= 11 is 2.94. The maximum atomic E-state index is 10.5. The van der Waals surface area contributed by atoms with Gasteiger partial charge in [0.2, 0.25) is 0 Å². The number of aryl methyl sites for hydroxylation is 1. The van der Waals surface area contributed by atoms with Gasteiger partial charge >= 0.3 is 0 Å². The molecule has 0 radical (unpaired) electrons. The minimum atomic E-state index is -0.0213. The van der Waals surface area contributed by atoms with Gasteiger partial charge in [-0.3, -0.25) is 4.99 Å². The molecule has 0 spiro atoms. The molecule has 9 heteroatoms. The zero-order valence-electron chi connectivity index (χ0n) is 18.8. The van der Waals surface area contributed by atoms with Crippen LogP contribution in [0.5, 0.6) is 5.75 Å². The minimum absolute atomic E-state index is 0.00499. The second kappa shape index (κ2) is 16.4. The van der Waals surface area contributed by atoms with Crippen LogP contribution in [0.25, 0.3) is 0 Å². The van der Waals surface area contributed by atoms with Crippen molar-refractivity contribution in [2.45, 2.75) is 45.8 Å². The molecule has 0 amide bonds. The Kier molecular flexibility index (Phi) is 16.3. The molecule has 30 heavy (non-hydrogen) atoms. The quantitative estimate of drug-likeness (QED) is 0.113. The molecule has 1 aromatic rings. The molecule has 1 heterocycles. The fourth-order valence-electron chi connectivity index (χ4n) is 1.92. The number of aliphatic imine (C=N–C) groups is 2. The van der Waals surface area contributed by atoms with Gasteiger partial charge in [-0.1, -0.05) is 39.8 Å². The van der Waals surface area contributed by atoms with Crippen molar-refractivity contribution in [2.75, 3.05) is 19.6 Å². The summed E-state index contributed by atoms with van der Waals surface area (Å²) in [6, 6.07) is 0. The second-order valence-corrected chi connectivity index (χ2v) is 8.12. The van der Waals surface area contributed by atoms with Gasteiger partial charge in [-0.15, -0.1) is 24.2 Å². The van der Waals surface area contributed by atoms with Gasteiger partial charge in [0.15, 0.2) is 17.4 Å². The number of hydrogen-bond acceptors (Lipinski definition) is 7. The van der Waals surface area contributed by atoms with Gasteiger partial charge in [0.25, 0.3) is 0 Å². The zero-order valence-corrected chi connectivity index (χ0v) is 20.4. The summed E-state index contributed by atoms with van der Waals surface area (Å²) in [5, 5.41) is 20.1. The Labute approximate surface area is 189 Å². The average molecular weight is 454 g/mol. The maximum Gasteiger partial charge on any atom is 0.167 e. The molecule has 0 bridgehead atoms. The van der Waals surface area contributed by atoms with E-state index in [1.165, 1.54) is 29.4 Å². The number of hydrogen-bond donors (Lipinski definition) is 4. The van der Waals surface area contributed by atoms with Crippen LogP contribution >= 0.6 is 23.3 Å². The van der Waals surface area contributed by atoms with E-state index in [1.807, 2.05) is 20.8 Å². The first kappa shape index (κ1) is 29.8. The van der Waals surface area contributed by atoms with E-state index in [9.17, 15) is 10.2 Å². The first-order valence-corrected chi connectivity index (χ1v) is 11.1. The highest BCUT2D eigenvalue weighted by atomic mass is 32.2. The van der Waals surface area contributed by atoms with Gasteiger partial charge in [0.05, 0.1) is 6.54 Å². The number of terminal acetylenes is 1. The largest absolute Gasteiger partial charge is 0.510 e. The van der Waals surface area contributed by atoms with E-state index in [2.05, 4.69) is 47.6 Å². The summed E-state index contributed by atoms with van der Waals surface area (Å²) in [6.45, 7) is 17.1. The van der Waals surface area contributed by atoms with Crippen molar-refractivity contribution in [2.24, 2.45) is 21.5 Å². The van der Waals surface area contributed by atoms with Gasteiger partial charge in [-0.25, -0.2) is 9.30 Å². The molecule has 0 aliphatic rings. The molecule has 168 valence electrons. The normalized spacial score (nSPS) is 12.0. The van der Waals surface area contributed by atoms with Crippen LogP contribution < -0.4 is 11.5 Å². The SMILES string of the molecule is C#C.C=C(C)/C=C(\O)CN=C(N)C(N)=Nc1c(C)sc(SN(CC)CC)c1O.CC. The number of nitrogens with two attached hydrogens (primary N) is 2. The highest BCUT2D eigenvalue weighted by molar-refractivity contribution is 7.99. The molecule has 6 N–H and O–H groups in total. The Hall–Kier alpha value is -2.41. The Morgan fingerprint density at radius 2 is 1.77 bits per heavy atom. The summed E-state index contributed by atoms with van der Waals surface area (Å²) in [5.41, 5.74) is 12.8. The van der Waals surface area contributed by atoms with Crippen LogP contribution in [-0.2, 0) is 0 Å². The molecule has 0 unspecified atom stereocenters. The number of rotatable bonds is 8. The maximum absolute atomic E-state index is 10.5. The van der Waals surface area contributed by atoms with Crippen LogP contribution in [-0.4, -0.2) is 45.8 Å². The highest BCUT2D eigenvalue weighted by Crippen LogP contribution is 2.47. The summed E-state index contributed by atoms with van der Waals surface area (Å²) in [4.78, 5) is 9.06. The topological polar surface area (TPSA) is 120 Å². The first-order chi connectivity index (χ1) is 14.2. The van der Waals surface area contributed by atoms with Crippen molar-refractivity contribution < 1.29 is 10.2 Å². The molecule has 0 aliphatic heterocycles. The van der Waals surface area contributed by atoms with Crippen molar-refractivity contribution in [1.82, 2.24) is 4.31 Å². The van der Waals surface area contributed by atoms with Crippen LogP contribution in [0.3, 0.4) is 0 Å². The van der Waals surface area contributed by atoms with Crippen LogP contribution in [0.4, 0.5) is 5.69 Å². The molecule has 0 atom stereocenters. The Morgan fingerprint density at radius 3 is 2.23 bits per heavy atom. The second-order valence-electron chi connectivity index (χ2n) is 5.53. The van der Waals surface area contributed by atoms with Crippen LogP contribution in [0.1, 0.15) is 39.5 Å². The molecular formula is C21H35N5O2S2. The molecule has 1 rings (SSSR count). The van der Waals surface area contributed by atoms with Crippen molar-refractivity contribution in [3.63, 3.8) is 0 Å². The molecule has 0 saturated carbocycles. The van der Waals surface area contributed by atoms with E-state index in [1.54, 1.807) is 6.92 Å². The fraction of sp³-hybridized carbons (Fsp3) is 0.429. The van der Waals surface area contributed by atoms with Crippen LogP contribution in [0.15, 0.2) is 38.2 Å². The van der Waals surface area contributed by atoms with Gasteiger partial charge < -0.3 is 21.7 Å². The highest BCUT2D eigenvalue weighted by Gasteiger charge is 2.18. The van der Waals surface area contributed by atoms with E-state index in [-0.39, 0.29) is 29.7 Å². The Bertz CT molecular complexity index is 776. The monoisotopic (exact) mass is 453 g/mol. The van der Waals surface area contributed by atoms with Gasteiger partial charge in [-0.05, 0) is 31.9 Å². The van der Waals surface area contributed by atoms with Gasteiger partial charge in [0.1, 0.15) is 15.7 Å². The van der Waals surface area contributed by atoms with E-state index in [0.717, 1.165) is 22.2 Å². The summed E-state index contributed by atoms with van der Waals surface area (Å²) in [7, 11) is 0. The van der Waals surface area contributed by atoms with E-state index in [0.29, 0.717) is 11.3 Å². The molecule has 0 aromatic carbocycles. The predicted molar refractivity (Wildman–Crippen MR) is 134 cm³/mol. The lowest BCUT2D eigenvalue weighted by Crippen LogP contribution is -2.31. The van der Waals surface area contributed by atoms with Gasteiger partial charge in [-0.2, -0.15) is 0 Å². The number of aliphatic hydroxyl groups is 1. The number of allylic oxidation sites excluding steroid dienone is 2. The van der Waals surface area contributed by atoms with Crippen molar-refractivity contribution in [3.05, 3.63) is 28.9 Å².